The van der Waals surface area contributed by atoms with Crippen molar-refractivity contribution < 1.29 is 38.6 Å². The van der Waals surface area contributed by atoms with Crippen molar-refractivity contribution in [3.8, 4) is 23.0 Å². The standard InChI is InChI=1S/C28H23FN2O7/c1-36-24-11-19(12-25(16-24)37-2)27(32)17-3-5-18(6-4-17)28(33)30-21-13-22(31(34)35)15-26(14-21)38-23-9-7-20(29)8-10-23/h3-16,31,34H,1-2H3,(H,30,33). The van der Waals surface area contributed by atoms with Gasteiger partial charge >= 0.3 is 0 Å². The van der Waals surface area contributed by atoms with Crippen molar-refractivity contribution in [1.29, 1.82) is 0 Å². The van der Waals surface area contributed by atoms with Crippen molar-refractivity contribution in [2.75, 3.05) is 19.5 Å². The third kappa shape index (κ3) is 6.31. The number of ether oxygens (including phenoxy) is 3. The van der Waals surface area contributed by atoms with Crippen LogP contribution in [0.4, 0.5) is 15.8 Å². The molecule has 10 heteroatoms. The van der Waals surface area contributed by atoms with Crippen LogP contribution in [0.25, 0.3) is 0 Å². The molecule has 0 spiro atoms. The zero-order valence-electron chi connectivity index (χ0n) is 20.4. The number of quaternary nitrogens is 1. The van der Waals surface area contributed by atoms with Crippen molar-refractivity contribution in [2.45, 2.75) is 0 Å². The summed E-state index contributed by atoms with van der Waals surface area (Å²) >= 11 is 0. The molecule has 0 saturated carbocycles. The molecule has 0 aliphatic heterocycles. The molecule has 1 unspecified atom stereocenters. The van der Waals surface area contributed by atoms with E-state index >= 15 is 0 Å². The molecule has 1 amide bonds. The fourth-order valence-corrected chi connectivity index (χ4v) is 3.57. The van der Waals surface area contributed by atoms with E-state index < -0.39 is 17.0 Å². The second-order valence-electron chi connectivity index (χ2n) is 8.07. The smallest absolute Gasteiger partial charge is 0.255 e. The first kappa shape index (κ1) is 26.3. The summed E-state index contributed by atoms with van der Waals surface area (Å²) < 4.78 is 29.2. The van der Waals surface area contributed by atoms with Crippen LogP contribution in [0.3, 0.4) is 0 Å². The summed E-state index contributed by atoms with van der Waals surface area (Å²) in [6, 6.07) is 20.0. The molecule has 194 valence electrons. The Morgan fingerprint density at radius 3 is 1.95 bits per heavy atom. The molecule has 0 aromatic heterocycles. The summed E-state index contributed by atoms with van der Waals surface area (Å²) in [5, 5.41) is 22.5. The second kappa shape index (κ2) is 11.5. The van der Waals surface area contributed by atoms with Crippen LogP contribution < -0.4 is 24.8 Å². The zero-order chi connectivity index (χ0) is 27.2. The summed E-state index contributed by atoms with van der Waals surface area (Å²) in [4.78, 5) is 25.8. The van der Waals surface area contributed by atoms with Crippen LogP contribution in [0.5, 0.6) is 23.0 Å². The van der Waals surface area contributed by atoms with Gasteiger partial charge in [-0.15, -0.1) is 0 Å². The number of ketones is 1. The normalized spacial score (nSPS) is 11.4. The number of methoxy groups -OCH3 is 2. The number of carbonyl (C=O) groups excluding carboxylic acids is 2. The minimum Gasteiger partial charge on any atom is -0.595 e. The maximum Gasteiger partial charge on any atom is 0.255 e. The van der Waals surface area contributed by atoms with Gasteiger partial charge < -0.3 is 24.7 Å². The lowest BCUT2D eigenvalue weighted by Gasteiger charge is -2.15. The third-order valence-corrected chi connectivity index (χ3v) is 5.48. The molecule has 0 saturated heterocycles. The Morgan fingerprint density at radius 2 is 1.37 bits per heavy atom. The minimum atomic E-state index is -1.22. The number of benzene rings is 4. The number of amides is 1. The van der Waals surface area contributed by atoms with E-state index in [1.807, 2.05) is 0 Å². The zero-order valence-corrected chi connectivity index (χ0v) is 20.4. The predicted octanol–water partition coefficient (Wildman–Crippen LogP) is 4.52. The van der Waals surface area contributed by atoms with Crippen LogP contribution in [-0.2, 0) is 0 Å². The molecule has 4 rings (SSSR count). The summed E-state index contributed by atoms with van der Waals surface area (Å²) in [6.45, 7) is 0. The summed E-state index contributed by atoms with van der Waals surface area (Å²) in [7, 11) is 2.97. The number of nitrogens with one attached hydrogen (secondary N) is 2. The first-order valence-electron chi connectivity index (χ1n) is 11.3. The van der Waals surface area contributed by atoms with Crippen LogP contribution in [0.15, 0.2) is 84.9 Å². The van der Waals surface area contributed by atoms with Gasteiger partial charge in [0.25, 0.3) is 5.91 Å². The monoisotopic (exact) mass is 518 g/mol. The molecule has 9 nitrogen and oxygen atoms in total. The highest BCUT2D eigenvalue weighted by Crippen LogP contribution is 2.28. The van der Waals surface area contributed by atoms with Crippen LogP contribution >= 0.6 is 0 Å². The van der Waals surface area contributed by atoms with Gasteiger partial charge in [-0.3, -0.25) is 9.59 Å². The molecule has 4 aromatic carbocycles. The predicted molar refractivity (Wildman–Crippen MR) is 136 cm³/mol. The Labute approximate surface area is 217 Å². The van der Waals surface area contributed by atoms with Crippen LogP contribution in [0.1, 0.15) is 26.3 Å². The molecule has 0 radical (unpaired) electrons. The molecule has 3 N–H and O–H groups in total. The van der Waals surface area contributed by atoms with Gasteiger partial charge in [0.2, 0.25) is 0 Å². The number of hydrogen-bond donors (Lipinski definition) is 3. The molecule has 0 fully saturated rings. The SMILES string of the molecule is COc1cc(OC)cc(C(=O)c2ccc(C(=O)Nc3cc(Oc4ccc(F)cc4)cc([NH+]([O-])O)c3)cc2)c1. The Morgan fingerprint density at radius 1 is 0.763 bits per heavy atom. The summed E-state index contributed by atoms with van der Waals surface area (Å²) in [5.74, 6) is 0.112. The van der Waals surface area contributed by atoms with E-state index in [0.717, 1.165) is 0 Å². The van der Waals surface area contributed by atoms with Gasteiger partial charge in [0, 0.05) is 41.0 Å². The van der Waals surface area contributed by atoms with Gasteiger partial charge in [0.1, 0.15) is 28.8 Å². The van der Waals surface area contributed by atoms with Crippen molar-refractivity contribution in [1.82, 2.24) is 0 Å². The van der Waals surface area contributed by atoms with E-state index in [1.54, 1.807) is 18.2 Å². The molecule has 38 heavy (non-hydrogen) atoms. The van der Waals surface area contributed by atoms with Crippen molar-refractivity contribution >= 4 is 23.1 Å². The Balaban J connectivity index is 1.52. The number of hydrogen-bond acceptors (Lipinski definition) is 7. The maximum absolute atomic E-state index is 13.2. The molecule has 0 heterocycles. The molecular weight excluding hydrogens is 495 g/mol. The van der Waals surface area contributed by atoms with Gasteiger partial charge in [-0.1, -0.05) is 12.1 Å². The molecule has 0 aliphatic carbocycles. The van der Waals surface area contributed by atoms with Gasteiger partial charge in [0.05, 0.1) is 19.9 Å². The molecule has 0 aliphatic rings. The van der Waals surface area contributed by atoms with Crippen molar-refractivity contribution in [3.05, 3.63) is 113 Å². The third-order valence-electron chi connectivity index (χ3n) is 5.48. The first-order valence-corrected chi connectivity index (χ1v) is 11.3. The molecule has 1 atom stereocenters. The first-order chi connectivity index (χ1) is 18.2. The number of carbonyl (C=O) groups is 2. The van der Waals surface area contributed by atoms with Crippen LogP contribution in [0, 0.1) is 11.0 Å². The molecule has 0 bridgehead atoms. The van der Waals surface area contributed by atoms with Crippen LogP contribution in [0.2, 0.25) is 0 Å². The largest absolute Gasteiger partial charge is 0.595 e. The van der Waals surface area contributed by atoms with E-state index in [4.69, 9.17) is 14.2 Å². The average molecular weight is 518 g/mol. The van der Waals surface area contributed by atoms with E-state index in [-0.39, 0.29) is 28.5 Å². The lowest BCUT2D eigenvalue weighted by Crippen LogP contribution is -2.99. The Hall–Kier alpha value is -4.77. The van der Waals surface area contributed by atoms with Gasteiger partial charge in [-0.05, 0) is 48.5 Å². The van der Waals surface area contributed by atoms with Crippen molar-refractivity contribution in [3.63, 3.8) is 0 Å². The Kier molecular flexibility index (Phi) is 7.97. The van der Waals surface area contributed by atoms with Crippen molar-refractivity contribution in [2.24, 2.45) is 0 Å². The highest BCUT2D eigenvalue weighted by atomic mass is 19.1. The number of halogens is 1. The number of anilines is 1. The number of rotatable bonds is 9. The van der Waals surface area contributed by atoms with E-state index in [2.05, 4.69) is 5.32 Å². The molecular formula is C28H23FN2O7. The Bertz CT molecular complexity index is 1430. The lowest BCUT2D eigenvalue weighted by atomic mass is 10.0. The topological polar surface area (TPSA) is 122 Å². The summed E-state index contributed by atoms with van der Waals surface area (Å²) in [5.41, 5.74) is 1.01. The van der Waals surface area contributed by atoms with Gasteiger partial charge in [-0.25, -0.2) is 9.60 Å². The maximum atomic E-state index is 13.2. The van der Waals surface area contributed by atoms with Crippen LogP contribution in [-0.4, -0.2) is 31.1 Å². The fourth-order valence-electron chi connectivity index (χ4n) is 3.57. The van der Waals surface area contributed by atoms with E-state index in [1.165, 1.54) is 80.9 Å². The average Bonchev–Trinajstić information content (AvgIpc) is 2.93. The van der Waals surface area contributed by atoms with E-state index in [9.17, 15) is 24.4 Å². The highest BCUT2D eigenvalue weighted by Gasteiger charge is 2.15. The fraction of sp³-hybridized carbons (Fsp3) is 0.0714. The lowest BCUT2D eigenvalue weighted by molar-refractivity contribution is -0.991. The van der Waals surface area contributed by atoms with E-state index in [0.29, 0.717) is 28.4 Å². The van der Waals surface area contributed by atoms with Gasteiger partial charge in [0.15, 0.2) is 11.5 Å². The highest BCUT2D eigenvalue weighted by molar-refractivity contribution is 6.10. The van der Waals surface area contributed by atoms with Gasteiger partial charge in [-0.2, -0.15) is 5.23 Å². The second-order valence-corrected chi connectivity index (χ2v) is 8.07. The molecule has 4 aromatic rings. The quantitative estimate of drug-likeness (QED) is 0.220. The minimum absolute atomic E-state index is 0.116. The summed E-state index contributed by atoms with van der Waals surface area (Å²) in [6.07, 6.45) is 0.